The zero-order valence-electron chi connectivity index (χ0n) is 11.3. The van der Waals surface area contributed by atoms with Crippen LogP contribution in [0.3, 0.4) is 0 Å². The highest BCUT2D eigenvalue weighted by Gasteiger charge is 2.24. The number of ether oxygens (including phenoxy) is 1. The number of hydrogen-bond donors (Lipinski definition) is 1. The molecule has 0 saturated heterocycles. The van der Waals surface area contributed by atoms with Gasteiger partial charge in [-0.3, -0.25) is 9.59 Å². The Bertz CT molecular complexity index is 610. The summed E-state index contributed by atoms with van der Waals surface area (Å²) in [5.74, 6) is -1.23. The zero-order chi connectivity index (χ0) is 15.4. The van der Waals surface area contributed by atoms with Gasteiger partial charge in [-0.15, -0.1) is 0 Å². The van der Waals surface area contributed by atoms with Gasteiger partial charge in [0.05, 0.1) is 0 Å². The second kappa shape index (κ2) is 6.62. The van der Waals surface area contributed by atoms with Crippen molar-refractivity contribution in [2.45, 2.75) is 25.9 Å². The van der Waals surface area contributed by atoms with Crippen LogP contribution in [0.2, 0.25) is 0 Å². The Hall–Kier alpha value is -2.02. The van der Waals surface area contributed by atoms with Gasteiger partial charge in [-0.25, -0.2) is 10.2 Å². The lowest BCUT2D eigenvalue weighted by Crippen LogP contribution is -2.34. The van der Waals surface area contributed by atoms with Crippen molar-refractivity contribution in [2.24, 2.45) is 5.10 Å². The highest BCUT2D eigenvalue weighted by Crippen LogP contribution is 2.13. The van der Waals surface area contributed by atoms with E-state index in [0.717, 1.165) is 4.47 Å². The molecule has 0 fully saturated rings. The summed E-state index contributed by atoms with van der Waals surface area (Å²) in [4.78, 5) is 34.9. The van der Waals surface area contributed by atoms with Gasteiger partial charge < -0.3 is 4.74 Å². The zero-order valence-corrected chi connectivity index (χ0v) is 12.8. The highest BCUT2D eigenvalue weighted by atomic mass is 79.9. The number of halogens is 1. The predicted octanol–water partition coefficient (Wildman–Crippen LogP) is 1.83. The highest BCUT2D eigenvalue weighted by molar-refractivity contribution is 9.10. The number of carbonyl (C=O) groups excluding carboxylic acids is 3. The largest absolute Gasteiger partial charge is 0.450 e. The smallest absolute Gasteiger partial charge is 0.355 e. The molecule has 1 aliphatic heterocycles. The van der Waals surface area contributed by atoms with Crippen LogP contribution in [0.4, 0.5) is 0 Å². The normalized spacial score (nSPS) is 15.7. The van der Waals surface area contributed by atoms with Gasteiger partial charge in [0.2, 0.25) is 11.7 Å². The predicted molar refractivity (Wildman–Crippen MR) is 78.8 cm³/mol. The lowest BCUT2D eigenvalue weighted by molar-refractivity contribution is -0.138. The second-order valence-corrected chi connectivity index (χ2v) is 5.43. The molecule has 1 aliphatic rings. The maximum atomic E-state index is 12.1. The van der Waals surface area contributed by atoms with E-state index in [-0.39, 0.29) is 30.2 Å². The molecule has 1 heterocycles. The number of rotatable bonds is 4. The quantitative estimate of drug-likeness (QED) is 0.661. The first-order valence-electron chi connectivity index (χ1n) is 6.33. The van der Waals surface area contributed by atoms with Crippen molar-refractivity contribution in [1.29, 1.82) is 0 Å². The van der Waals surface area contributed by atoms with Gasteiger partial charge in [0.15, 0.2) is 6.10 Å². The van der Waals surface area contributed by atoms with E-state index in [9.17, 15) is 14.4 Å². The molecule has 110 valence electrons. The third kappa shape index (κ3) is 3.98. The summed E-state index contributed by atoms with van der Waals surface area (Å²) < 4.78 is 5.95. The number of benzene rings is 1. The van der Waals surface area contributed by atoms with Crippen LogP contribution < -0.4 is 5.43 Å². The third-order valence-corrected chi connectivity index (χ3v) is 3.45. The number of Topliss-reactive ketones (excluding diaryl/α,β-unsaturated/α-hetero) is 1. The number of esters is 1. The van der Waals surface area contributed by atoms with Crippen LogP contribution >= 0.6 is 15.9 Å². The van der Waals surface area contributed by atoms with Crippen LogP contribution in [0, 0.1) is 0 Å². The number of carbonyl (C=O) groups is 3. The lowest BCUT2D eigenvalue weighted by atomic mass is 10.1. The number of amides is 1. The topological polar surface area (TPSA) is 84.8 Å². The first kappa shape index (κ1) is 15.4. The van der Waals surface area contributed by atoms with Crippen molar-refractivity contribution in [1.82, 2.24) is 5.43 Å². The Labute approximate surface area is 129 Å². The van der Waals surface area contributed by atoms with Crippen LogP contribution in [0.15, 0.2) is 33.8 Å². The van der Waals surface area contributed by atoms with Crippen LogP contribution in [-0.4, -0.2) is 29.5 Å². The van der Waals surface area contributed by atoms with E-state index in [1.54, 1.807) is 24.3 Å². The van der Waals surface area contributed by atoms with Crippen molar-refractivity contribution in [3.8, 4) is 0 Å². The van der Waals surface area contributed by atoms with E-state index in [4.69, 9.17) is 4.74 Å². The molecule has 6 nitrogen and oxygen atoms in total. The number of hydrogen-bond acceptors (Lipinski definition) is 5. The van der Waals surface area contributed by atoms with Crippen LogP contribution in [0.5, 0.6) is 0 Å². The number of nitrogens with zero attached hydrogens (tertiary/aromatic N) is 1. The molecule has 21 heavy (non-hydrogen) atoms. The standard InChI is InChI=1S/C14H13BrN2O4/c1-8(13(19)9-2-4-10(15)5-3-9)21-14(20)11-6-7-12(18)17-16-11/h2-5,8H,6-7H2,1H3,(H,17,18). The first-order valence-corrected chi connectivity index (χ1v) is 7.13. The van der Waals surface area contributed by atoms with Gasteiger partial charge in [0.25, 0.3) is 0 Å². The van der Waals surface area contributed by atoms with Gasteiger partial charge in [-0.2, -0.15) is 5.10 Å². The summed E-state index contributed by atoms with van der Waals surface area (Å²) >= 11 is 3.28. The molecule has 0 radical (unpaired) electrons. The summed E-state index contributed by atoms with van der Waals surface area (Å²) in [6.07, 6.45) is -0.522. The average molecular weight is 353 g/mol. The van der Waals surface area contributed by atoms with Crippen molar-refractivity contribution < 1.29 is 19.1 Å². The molecular formula is C14H13BrN2O4. The fraction of sp³-hybridized carbons (Fsp3) is 0.286. The van der Waals surface area contributed by atoms with E-state index < -0.39 is 12.1 Å². The van der Waals surface area contributed by atoms with Gasteiger partial charge in [-0.05, 0) is 19.1 Å². The van der Waals surface area contributed by atoms with E-state index >= 15 is 0 Å². The van der Waals surface area contributed by atoms with Crippen molar-refractivity contribution in [3.63, 3.8) is 0 Å². The maximum Gasteiger partial charge on any atom is 0.355 e. The second-order valence-electron chi connectivity index (χ2n) is 4.51. The Balaban J connectivity index is 1.99. The molecule has 0 aliphatic carbocycles. The minimum atomic E-state index is -0.918. The summed E-state index contributed by atoms with van der Waals surface area (Å²) in [7, 11) is 0. The summed E-state index contributed by atoms with van der Waals surface area (Å²) in [6, 6.07) is 6.77. The van der Waals surface area contributed by atoms with E-state index in [2.05, 4.69) is 26.5 Å². The van der Waals surface area contributed by atoms with Crippen molar-refractivity contribution in [2.75, 3.05) is 0 Å². The fourth-order valence-electron chi connectivity index (χ4n) is 1.75. The summed E-state index contributed by atoms with van der Waals surface area (Å²) in [5.41, 5.74) is 2.78. The van der Waals surface area contributed by atoms with E-state index in [1.807, 2.05) is 0 Å². The summed E-state index contributed by atoms with van der Waals surface area (Å²) in [6.45, 7) is 1.50. The first-order chi connectivity index (χ1) is 9.97. The van der Waals surface area contributed by atoms with Crippen molar-refractivity contribution in [3.05, 3.63) is 34.3 Å². The summed E-state index contributed by atoms with van der Waals surface area (Å²) in [5, 5.41) is 3.63. The van der Waals surface area contributed by atoms with Crippen LogP contribution in [-0.2, 0) is 14.3 Å². The van der Waals surface area contributed by atoms with Gasteiger partial charge >= 0.3 is 5.97 Å². The van der Waals surface area contributed by atoms with E-state index in [0.29, 0.717) is 5.56 Å². The Morgan fingerprint density at radius 2 is 1.95 bits per heavy atom. The Kier molecular flexibility index (Phi) is 4.85. The monoisotopic (exact) mass is 352 g/mol. The molecule has 0 spiro atoms. The SMILES string of the molecule is CC(OC(=O)C1=NNC(=O)CC1)C(=O)c1ccc(Br)cc1. The molecule has 0 bridgehead atoms. The molecule has 1 aromatic carbocycles. The molecule has 0 saturated carbocycles. The molecule has 0 aromatic heterocycles. The van der Waals surface area contributed by atoms with Gasteiger partial charge in [0.1, 0.15) is 5.71 Å². The molecule has 7 heteroatoms. The molecule has 1 amide bonds. The molecule has 1 atom stereocenters. The number of ketones is 1. The third-order valence-electron chi connectivity index (χ3n) is 2.92. The molecule has 2 rings (SSSR count). The minimum absolute atomic E-state index is 0.116. The molecule has 1 unspecified atom stereocenters. The lowest BCUT2D eigenvalue weighted by Gasteiger charge is -2.15. The van der Waals surface area contributed by atoms with Gasteiger partial charge in [-0.1, -0.05) is 28.1 Å². The maximum absolute atomic E-state index is 12.1. The fourth-order valence-corrected chi connectivity index (χ4v) is 2.02. The van der Waals surface area contributed by atoms with Crippen LogP contribution in [0.1, 0.15) is 30.1 Å². The molecular weight excluding hydrogens is 340 g/mol. The Morgan fingerprint density at radius 3 is 2.52 bits per heavy atom. The molecule has 1 N–H and O–H groups in total. The van der Waals surface area contributed by atoms with Gasteiger partial charge in [0, 0.05) is 22.9 Å². The number of hydrazone groups is 1. The van der Waals surface area contributed by atoms with E-state index in [1.165, 1.54) is 6.92 Å². The average Bonchev–Trinajstić information content (AvgIpc) is 2.47. The Morgan fingerprint density at radius 1 is 1.29 bits per heavy atom. The van der Waals surface area contributed by atoms with Crippen molar-refractivity contribution >= 4 is 39.3 Å². The number of nitrogens with one attached hydrogen (secondary N) is 1. The van der Waals surface area contributed by atoms with Crippen LogP contribution in [0.25, 0.3) is 0 Å². The minimum Gasteiger partial charge on any atom is -0.450 e. The molecule has 1 aromatic rings.